The van der Waals surface area contributed by atoms with Crippen molar-refractivity contribution in [1.29, 1.82) is 0 Å². The third-order valence-corrected chi connectivity index (χ3v) is 3.00. The molecule has 0 bridgehead atoms. The van der Waals surface area contributed by atoms with Crippen molar-refractivity contribution in [3.05, 3.63) is 0 Å². The second-order valence-corrected chi connectivity index (χ2v) is 4.24. The predicted octanol–water partition coefficient (Wildman–Crippen LogP) is 0.927. The number of aliphatic carboxylic acids is 1. The molecule has 92 valence electrons. The molecule has 0 aromatic heterocycles. The topological polar surface area (TPSA) is 75.6 Å². The molecular weight excluding hydrogens is 210 g/mol. The minimum absolute atomic E-state index is 0.193. The molecule has 16 heavy (non-hydrogen) atoms. The van der Waals surface area contributed by atoms with Crippen LogP contribution < -0.4 is 5.32 Å². The number of amides is 1. The van der Waals surface area contributed by atoms with Gasteiger partial charge in [0.1, 0.15) is 5.54 Å². The Balaban J connectivity index is 2.43. The van der Waals surface area contributed by atoms with Crippen LogP contribution in [0.1, 0.15) is 38.5 Å². The summed E-state index contributed by atoms with van der Waals surface area (Å²) in [4.78, 5) is 22.7. The Bertz CT molecular complexity index is 259. The van der Waals surface area contributed by atoms with Crippen LogP contribution in [0, 0.1) is 0 Å². The number of carbonyl (C=O) groups is 2. The molecule has 5 nitrogen and oxygen atoms in total. The quantitative estimate of drug-likeness (QED) is 0.664. The molecule has 2 N–H and O–H groups in total. The summed E-state index contributed by atoms with van der Waals surface area (Å²) in [6, 6.07) is 0. The number of carboxylic acid groups (broad SMARTS) is 1. The highest BCUT2D eigenvalue weighted by Crippen LogP contribution is 2.29. The lowest BCUT2D eigenvalue weighted by molar-refractivity contribution is -0.147. The van der Waals surface area contributed by atoms with Gasteiger partial charge in [-0.25, -0.2) is 4.79 Å². The van der Waals surface area contributed by atoms with E-state index in [1.807, 2.05) is 0 Å². The molecule has 0 aromatic carbocycles. The Kier molecular flexibility index (Phi) is 4.73. The summed E-state index contributed by atoms with van der Waals surface area (Å²) < 4.78 is 4.84. The van der Waals surface area contributed by atoms with E-state index in [1.165, 1.54) is 0 Å². The fourth-order valence-electron chi connectivity index (χ4n) is 2.08. The first-order valence-corrected chi connectivity index (χ1v) is 5.64. The van der Waals surface area contributed by atoms with Crippen molar-refractivity contribution in [2.24, 2.45) is 0 Å². The zero-order chi connectivity index (χ0) is 12.0. The maximum absolute atomic E-state index is 11.6. The number of nitrogens with one attached hydrogen (secondary N) is 1. The lowest BCUT2D eigenvalue weighted by Crippen LogP contribution is -2.52. The van der Waals surface area contributed by atoms with E-state index in [9.17, 15) is 9.59 Å². The van der Waals surface area contributed by atoms with Crippen molar-refractivity contribution in [2.75, 3.05) is 13.7 Å². The van der Waals surface area contributed by atoms with E-state index in [2.05, 4.69) is 5.32 Å². The molecule has 1 rings (SSSR count). The molecule has 0 aromatic rings. The normalized spacial score (nSPS) is 18.3. The van der Waals surface area contributed by atoms with E-state index in [0.717, 1.165) is 12.8 Å². The van der Waals surface area contributed by atoms with Crippen LogP contribution in [0.25, 0.3) is 0 Å². The Morgan fingerprint density at radius 3 is 2.50 bits per heavy atom. The number of rotatable bonds is 6. The molecule has 1 aliphatic carbocycles. The summed E-state index contributed by atoms with van der Waals surface area (Å²) in [5.74, 6) is -1.11. The zero-order valence-electron chi connectivity index (χ0n) is 9.62. The summed E-state index contributed by atoms with van der Waals surface area (Å²) >= 11 is 0. The van der Waals surface area contributed by atoms with E-state index in [4.69, 9.17) is 9.84 Å². The van der Waals surface area contributed by atoms with Crippen molar-refractivity contribution in [3.63, 3.8) is 0 Å². The Hall–Kier alpha value is -1.10. The largest absolute Gasteiger partial charge is 0.480 e. The first-order valence-electron chi connectivity index (χ1n) is 5.64. The number of hydrogen-bond donors (Lipinski definition) is 2. The molecule has 0 aliphatic heterocycles. The molecule has 5 heteroatoms. The maximum atomic E-state index is 11.6. The van der Waals surface area contributed by atoms with Crippen molar-refractivity contribution < 1.29 is 19.4 Å². The third-order valence-electron chi connectivity index (χ3n) is 3.00. The van der Waals surface area contributed by atoms with E-state index in [0.29, 0.717) is 32.3 Å². The highest BCUT2D eigenvalue weighted by atomic mass is 16.5. The van der Waals surface area contributed by atoms with E-state index < -0.39 is 11.5 Å². The van der Waals surface area contributed by atoms with Gasteiger partial charge in [-0.3, -0.25) is 4.79 Å². The minimum atomic E-state index is -1.01. The first kappa shape index (κ1) is 13.0. The standard InChI is InChI=1S/C11H19NO4/c1-16-8-4-5-9(13)12-11(10(14)15)6-2-3-7-11/h2-8H2,1H3,(H,12,13)(H,14,15). The van der Waals surface area contributed by atoms with E-state index >= 15 is 0 Å². The Morgan fingerprint density at radius 2 is 2.00 bits per heavy atom. The molecule has 0 heterocycles. The van der Waals surface area contributed by atoms with Crippen molar-refractivity contribution in [2.45, 2.75) is 44.1 Å². The first-order chi connectivity index (χ1) is 7.60. The van der Waals surface area contributed by atoms with Crippen LogP contribution in [0.2, 0.25) is 0 Å². The molecule has 1 aliphatic rings. The second kappa shape index (κ2) is 5.84. The Morgan fingerprint density at radius 1 is 1.38 bits per heavy atom. The van der Waals surface area contributed by atoms with Gasteiger partial charge in [0.2, 0.25) is 5.91 Å². The number of carboxylic acids is 1. The van der Waals surface area contributed by atoms with Crippen molar-refractivity contribution >= 4 is 11.9 Å². The van der Waals surface area contributed by atoms with Gasteiger partial charge in [-0.2, -0.15) is 0 Å². The van der Waals surface area contributed by atoms with Gasteiger partial charge in [-0.05, 0) is 19.3 Å². The molecule has 1 fully saturated rings. The SMILES string of the molecule is COCCCC(=O)NC1(C(=O)O)CCCC1. The highest BCUT2D eigenvalue weighted by Gasteiger charge is 2.42. The number of carbonyl (C=O) groups excluding carboxylic acids is 1. The summed E-state index contributed by atoms with van der Waals surface area (Å²) in [5, 5.41) is 11.8. The fraction of sp³-hybridized carbons (Fsp3) is 0.818. The highest BCUT2D eigenvalue weighted by molar-refractivity contribution is 5.87. The summed E-state index contributed by atoms with van der Waals surface area (Å²) in [7, 11) is 1.58. The third kappa shape index (κ3) is 3.20. The summed E-state index contributed by atoms with van der Waals surface area (Å²) in [6.07, 6.45) is 3.76. The second-order valence-electron chi connectivity index (χ2n) is 4.24. The number of ether oxygens (including phenoxy) is 1. The van der Waals surface area contributed by atoms with Crippen LogP contribution in [-0.2, 0) is 14.3 Å². The lowest BCUT2D eigenvalue weighted by atomic mass is 9.97. The van der Waals surface area contributed by atoms with E-state index in [1.54, 1.807) is 7.11 Å². The molecule has 0 atom stereocenters. The molecular formula is C11H19NO4. The average molecular weight is 229 g/mol. The number of methoxy groups -OCH3 is 1. The fourth-order valence-corrected chi connectivity index (χ4v) is 2.08. The van der Waals surface area contributed by atoms with Gasteiger partial charge in [-0.15, -0.1) is 0 Å². The maximum Gasteiger partial charge on any atom is 0.329 e. The summed E-state index contributed by atoms with van der Waals surface area (Å²) in [5.41, 5.74) is -1.01. The van der Waals surface area contributed by atoms with Gasteiger partial charge in [0.25, 0.3) is 0 Å². The van der Waals surface area contributed by atoms with E-state index in [-0.39, 0.29) is 5.91 Å². The van der Waals surface area contributed by atoms with Gasteiger partial charge in [0.15, 0.2) is 0 Å². The molecule has 0 spiro atoms. The summed E-state index contributed by atoms with van der Waals surface area (Å²) in [6.45, 7) is 0.521. The van der Waals surface area contributed by atoms with Gasteiger partial charge in [0, 0.05) is 20.1 Å². The van der Waals surface area contributed by atoms with Gasteiger partial charge in [-0.1, -0.05) is 12.8 Å². The van der Waals surface area contributed by atoms with Gasteiger partial charge < -0.3 is 15.2 Å². The smallest absolute Gasteiger partial charge is 0.329 e. The van der Waals surface area contributed by atoms with Crippen LogP contribution in [0.3, 0.4) is 0 Å². The Labute approximate surface area is 95.2 Å². The molecule has 0 saturated heterocycles. The zero-order valence-corrected chi connectivity index (χ0v) is 9.62. The molecule has 0 radical (unpaired) electrons. The lowest BCUT2D eigenvalue weighted by Gasteiger charge is -2.25. The van der Waals surface area contributed by atoms with Crippen LogP contribution in [0.15, 0.2) is 0 Å². The van der Waals surface area contributed by atoms with Crippen LogP contribution in [-0.4, -0.2) is 36.2 Å². The van der Waals surface area contributed by atoms with Crippen LogP contribution in [0.4, 0.5) is 0 Å². The van der Waals surface area contributed by atoms with Gasteiger partial charge in [0.05, 0.1) is 0 Å². The molecule has 0 unspecified atom stereocenters. The minimum Gasteiger partial charge on any atom is -0.480 e. The average Bonchev–Trinajstić information content (AvgIpc) is 2.68. The molecule has 1 saturated carbocycles. The van der Waals surface area contributed by atoms with Crippen LogP contribution >= 0.6 is 0 Å². The van der Waals surface area contributed by atoms with Crippen molar-refractivity contribution in [1.82, 2.24) is 5.32 Å². The number of hydrogen-bond acceptors (Lipinski definition) is 3. The van der Waals surface area contributed by atoms with Crippen LogP contribution in [0.5, 0.6) is 0 Å². The van der Waals surface area contributed by atoms with Gasteiger partial charge >= 0.3 is 5.97 Å². The molecule has 1 amide bonds. The monoisotopic (exact) mass is 229 g/mol. The van der Waals surface area contributed by atoms with Crippen molar-refractivity contribution in [3.8, 4) is 0 Å². The predicted molar refractivity (Wildman–Crippen MR) is 58.1 cm³/mol.